The van der Waals surface area contributed by atoms with Crippen molar-refractivity contribution >= 4 is 34.2 Å². The molecule has 0 spiro atoms. The predicted octanol–water partition coefficient (Wildman–Crippen LogP) is 2.07. The van der Waals surface area contributed by atoms with Crippen LogP contribution >= 0.6 is 11.6 Å². The maximum Gasteiger partial charge on any atom is 0.221 e. The van der Waals surface area contributed by atoms with E-state index in [4.69, 9.17) is 17.3 Å². The fourth-order valence-electron chi connectivity index (χ4n) is 1.40. The van der Waals surface area contributed by atoms with Crippen molar-refractivity contribution in [2.24, 2.45) is 0 Å². The highest BCUT2D eigenvalue weighted by molar-refractivity contribution is 6.35. The number of nitrogens with two attached hydrogens (primary N) is 1. The number of hydrogen-bond acceptors (Lipinski definition) is 4. The van der Waals surface area contributed by atoms with Gasteiger partial charge in [0.05, 0.1) is 10.5 Å². The zero-order chi connectivity index (χ0) is 11.0. The van der Waals surface area contributed by atoms with E-state index in [1.807, 2.05) is 0 Å². The number of ketones is 1. The van der Waals surface area contributed by atoms with Gasteiger partial charge in [0.15, 0.2) is 5.78 Å². The van der Waals surface area contributed by atoms with Crippen molar-refractivity contribution in [2.45, 2.75) is 6.92 Å². The monoisotopic (exact) mass is 221 g/mol. The molecule has 5 heteroatoms. The topological polar surface area (TPSA) is 68.9 Å². The quantitative estimate of drug-likeness (QED) is 0.749. The molecule has 1 aromatic carbocycles. The molecule has 15 heavy (non-hydrogen) atoms. The van der Waals surface area contributed by atoms with Gasteiger partial charge in [0.25, 0.3) is 0 Å². The molecule has 0 aliphatic carbocycles. The van der Waals surface area contributed by atoms with Crippen LogP contribution in [0.1, 0.15) is 17.4 Å². The second kappa shape index (κ2) is 3.47. The number of anilines is 1. The zero-order valence-corrected chi connectivity index (χ0v) is 8.75. The number of para-hydroxylation sites is 1. The molecule has 0 amide bonds. The van der Waals surface area contributed by atoms with Crippen molar-refractivity contribution in [3.05, 3.63) is 28.9 Å². The van der Waals surface area contributed by atoms with Crippen LogP contribution in [-0.4, -0.2) is 15.8 Å². The average Bonchev–Trinajstić information content (AvgIpc) is 2.18. The summed E-state index contributed by atoms with van der Waals surface area (Å²) in [4.78, 5) is 19.2. The first-order chi connectivity index (χ1) is 7.09. The van der Waals surface area contributed by atoms with Crippen LogP contribution in [-0.2, 0) is 0 Å². The summed E-state index contributed by atoms with van der Waals surface area (Å²) < 4.78 is 0. The lowest BCUT2D eigenvalue weighted by Crippen LogP contribution is -2.04. The van der Waals surface area contributed by atoms with Crippen LogP contribution in [0.4, 0.5) is 5.95 Å². The second-order valence-corrected chi connectivity index (χ2v) is 3.53. The summed E-state index contributed by atoms with van der Waals surface area (Å²) in [6.45, 7) is 1.43. The molecule has 0 atom stereocenters. The number of Topliss-reactive ketones (excluding diaryl/α,β-unsaturated/α-hetero) is 1. The van der Waals surface area contributed by atoms with E-state index in [0.717, 1.165) is 0 Å². The first-order valence-electron chi connectivity index (χ1n) is 4.32. The fraction of sp³-hybridized carbons (Fsp3) is 0.100. The lowest BCUT2D eigenvalue weighted by Gasteiger charge is -2.04. The minimum atomic E-state index is -0.156. The van der Waals surface area contributed by atoms with Crippen molar-refractivity contribution in [1.82, 2.24) is 9.97 Å². The lowest BCUT2D eigenvalue weighted by atomic mass is 10.1. The van der Waals surface area contributed by atoms with Gasteiger partial charge in [0.2, 0.25) is 5.95 Å². The SMILES string of the molecule is CC(=O)c1nc(N)nc2c(Cl)cccc12. The van der Waals surface area contributed by atoms with E-state index in [2.05, 4.69) is 9.97 Å². The molecule has 2 rings (SSSR count). The number of hydrogen-bond donors (Lipinski definition) is 1. The van der Waals surface area contributed by atoms with E-state index in [0.29, 0.717) is 21.6 Å². The van der Waals surface area contributed by atoms with Crippen LogP contribution in [0.3, 0.4) is 0 Å². The molecule has 2 aromatic rings. The van der Waals surface area contributed by atoms with Crippen molar-refractivity contribution in [3.8, 4) is 0 Å². The van der Waals surface area contributed by atoms with Crippen molar-refractivity contribution < 1.29 is 4.79 Å². The third kappa shape index (κ3) is 1.64. The molecule has 76 valence electrons. The van der Waals surface area contributed by atoms with Gasteiger partial charge in [-0.1, -0.05) is 23.7 Å². The van der Waals surface area contributed by atoms with Gasteiger partial charge in [-0.3, -0.25) is 4.79 Å². The Morgan fingerprint density at radius 3 is 2.80 bits per heavy atom. The van der Waals surface area contributed by atoms with Crippen LogP contribution in [0.25, 0.3) is 10.9 Å². The largest absolute Gasteiger partial charge is 0.368 e. The van der Waals surface area contributed by atoms with Crippen molar-refractivity contribution in [3.63, 3.8) is 0 Å². The molecule has 1 heterocycles. The second-order valence-electron chi connectivity index (χ2n) is 3.12. The van der Waals surface area contributed by atoms with Gasteiger partial charge in [0.1, 0.15) is 5.69 Å². The van der Waals surface area contributed by atoms with Crippen molar-refractivity contribution in [1.29, 1.82) is 0 Å². The minimum Gasteiger partial charge on any atom is -0.368 e. The maximum atomic E-state index is 11.3. The standard InChI is InChI=1S/C10H8ClN3O/c1-5(15)8-6-3-2-4-7(11)9(6)14-10(12)13-8/h2-4H,1H3,(H2,12,13,14). The van der Waals surface area contributed by atoms with Crippen molar-refractivity contribution in [2.75, 3.05) is 5.73 Å². The number of benzene rings is 1. The highest BCUT2D eigenvalue weighted by Gasteiger charge is 2.11. The Bertz CT molecular complexity index is 554. The third-order valence-corrected chi connectivity index (χ3v) is 2.33. The Morgan fingerprint density at radius 1 is 1.40 bits per heavy atom. The number of fused-ring (bicyclic) bond motifs is 1. The normalized spacial score (nSPS) is 10.5. The molecular weight excluding hydrogens is 214 g/mol. The summed E-state index contributed by atoms with van der Waals surface area (Å²) in [7, 11) is 0. The molecule has 0 aliphatic heterocycles. The molecule has 0 radical (unpaired) electrons. The molecule has 0 aliphatic rings. The summed E-state index contributed by atoms with van der Waals surface area (Å²) in [6.07, 6.45) is 0. The Hall–Kier alpha value is -1.68. The predicted molar refractivity (Wildman–Crippen MR) is 59.0 cm³/mol. The first-order valence-corrected chi connectivity index (χ1v) is 4.70. The molecule has 0 saturated carbocycles. The Morgan fingerprint density at radius 2 is 2.13 bits per heavy atom. The van der Waals surface area contributed by atoms with Crippen LogP contribution in [0.5, 0.6) is 0 Å². The Labute approximate surface area is 91.1 Å². The molecule has 0 unspecified atom stereocenters. The molecule has 0 saturated heterocycles. The maximum absolute atomic E-state index is 11.3. The summed E-state index contributed by atoms with van der Waals surface area (Å²) >= 11 is 5.95. The molecule has 0 bridgehead atoms. The summed E-state index contributed by atoms with van der Waals surface area (Å²) in [6, 6.07) is 5.19. The van der Waals surface area contributed by atoms with Crippen LogP contribution in [0, 0.1) is 0 Å². The number of carbonyl (C=O) groups excluding carboxylic acids is 1. The summed E-state index contributed by atoms with van der Waals surface area (Å²) in [5, 5.41) is 1.09. The van der Waals surface area contributed by atoms with E-state index in [1.54, 1.807) is 18.2 Å². The number of carbonyl (C=O) groups is 1. The van der Waals surface area contributed by atoms with E-state index >= 15 is 0 Å². The minimum absolute atomic E-state index is 0.0563. The molecular formula is C10H8ClN3O. The molecule has 2 N–H and O–H groups in total. The van der Waals surface area contributed by atoms with E-state index < -0.39 is 0 Å². The summed E-state index contributed by atoms with van der Waals surface area (Å²) in [5.74, 6) is -0.0998. The third-order valence-electron chi connectivity index (χ3n) is 2.03. The van der Waals surface area contributed by atoms with Gasteiger partial charge in [-0.05, 0) is 6.07 Å². The fourth-order valence-corrected chi connectivity index (χ4v) is 1.62. The number of nitrogens with zero attached hydrogens (tertiary/aromatic N) is 2. The van der Waals surface area contributed by atoms with Gasteiger partial charge in [0, 0.05) is 12.3 Å². The van der Waals surface area contributed by atoms with Gasteiger partial charge >= 0.3 is 0 Å². The van der Waals surface area contributed by atoms with E-state index in [9.17, 15) is 4.79 Å². The molecule has 0 fully saturated rings. The van der Waals surface area contributed by atoms with Crippen LogP contribution < -0.4 is 5.73 Å². The highest BCUT2D eigenvalue weighted by Crippen LogP contribution is 2.24. The van der Waals surface area contributed by atoms with E-state index in [-0.39, 0.29) is 11.7 Å². The molecule has 4 nitrogen and oxygen atoms in total. The first kappa shape index (κ1) is 9.86. The lowest BCUT2D eigenvalue weighted by molar-refractivity contribution is 0.101. The van der Waals surface area contributed by atoms with Gasteiger partial charge in [-0.25, -0.2) is 9.97 Å². The number of halogens is 1. The van der Waals surface area contributed by atoms with Crippen LogP contribution in [0.2, 0.25) is 5.02 Å². The number of rotatable bonds is 1. The highest BCUT2D eigenvalue weighted by atomic mass is 35.5. The smallest absolute Gasteiger partial charge is 0.221 e. The van der Waals surface area contributed by atoms with E-state index in [1.165, 1.54) is 6.92 Å². The summed E-state index contributed by atoms with van der Waals surface area (Å²) in [5.41, 5.74) is 6.31. The van der Waals surface area contributed by atoms with Crippen LogP contribution in [0.15, 0.2) is 18.2 Å². The molecule has 1 aromatic heterocycles. The Balaban J connectivity index is 2.92. The van der Waals surface area contributed by atoms with Gasteiger partial charge < -0.3 is 5.73 Å². The number of aromatic nitrogens is 2. The zero-order valence-electron chi connectivity index (χ0n) is 7.99. The Kier molecular flexibility index (Phi) is 2.28. The van der Waals surface area contributed by atoms with Gasteiger partial charge in [-0.15, -0.1) is 0 Å². The number of nitrogen functional groups attached to an aromatic ring is 1. The average molecular weight is 222 g/mol. The van der Waals surface area contributed by atoms with Gasteiger partial charge in [-0.2, -0.15) is 0 Å².